The second-order valence-corrected chi connectivity index (χ2v) is 9.92. The number of aromatic amines is 1. The third-order valence-electron chi connectivity index (χ3n) is 6.79. The Bertz CT molecular complexity index is 1360. The first-order chi connectivity index (χ1) is 16.4. The predicted octanol–water partition coefficient (Wildman–Crippen LogP) is 4.08. The van der Waals surface area contributed by atoms with E-state index < -0.39 is 0 Å². The number of benzene rings is 2. The molecule has 8 heteroatoms. The zero-order valence-electron chi connectivity index (χ0n) is 19.5. The summed E-state index contributed by atoms with van der Waals surface area (Å²) in [5.41, 5.74) is 11.7. The summed E-state index contributed by atoms with van der Waals surface area (Å²) >= 11 is 0. The fourth-order valence-corrected chi connectivity index (χ4v) is 5.12. The number of para-hydroxylation sites is 1. The third kappa shape index (κ3) is 3.89. The molecule has 1 unspecified atom stereocenters. The van der Waals surface area contributed by atoms with E-state index in [9.17, 15) is 0 Å². The van der Waals surface area contributed by atoms with E-state index in [2.05, 4.69) is 86.7 Å². The van der Waals surface area contributed by atoms with Crippen LogP contribution in [0.5, 0.6) is 5.75 Å². The van der Waals surface area contributed by atoms with Gasteiger partial charge in [-0.05, 0) is 61.9 Å². The van der Waals surface area contributed by atoms with Crippen LogP contribution in [0.25, 0.3) is 11.0 Å². The van der Waals surface area contributed by atoms with Gasteiger partial charge in [0.25, 0.3) is 0 Å². The van der Waals surface area contributed by atoms with Crippen molar-refractivity contribution < 1.29 is 4.74 Å². The standard InChI is InChI=1S/C26H29N7O/c1-26(2)10-9-18-11-16(7-8-22(18)34-26)14-33-15-19(12-17-5-3-4-6-21(17)33)29-23-20-13-28-32-24(20)31-25(27)30-23/h3-8,11,13,19H,9-10,12,14-15H2,1-2H3,(H4,27,28,29,30,31,32). The van der Waals surface area contributed by atoms with Gasteiger partial charge >= 0.3 is 0 Å². The number of ether oxygens (including phenoxy) is 1. The Balaban J connectivity index is 1.27. The van der Waals surface area contributed by atoms with Crippen molar-refractivity contribution in [1.29, 1.82) is 0 Å². The molecule has 4 N–H and O–H groups in total. The summed E-state index contributed by atoms with van der Waals surface area (Å²) in [4.78, 5) is 11.1. The molecule has 0 saturated carbocycles. The molecule has 1 atom stereocenters. The number of nitrogen functional groups attached to an aromatic ring is 1. The van der Waals surface area contributed by atoms with Crippen LogP contribution in [0.4, 0.5) is 17.5 Å². The van der Waals surface area contributed by atoms with Crippen LogP contribution >= 0.6 is 0 Å². The van der Waals surface area contributed by atoms with Gasteiger partial charge in [-0.1, -0.05) is 30.3 Å². The van der Waals surface area contributed by atoms with Crippen molar-refractivity contribution in [1.82, 2.24) is 20.2 Å². The Hall–Kier alpha value is -3.81. The molecule has 8 nitrogen and oxygen atoms in total. The summed E-state index contributed by atoms with van der Waals surface area (Å²) < 4.78 is 6.19. The first kappa shape index (κ1) is 20.8. The van der Waals surface area contributed by atoms with E-state index in [4.69, 9.17) is 10.5 Å². The zero-order valence-corrected chi connectivity index (χ0v) is 19.5. The van der Waals surface area contributed by atoms with Crippen LogP contribution in [-0.2, 0) is 19.4 Å². The summed E-state index contributed by atoms with van der Waals surface area (Å²) in [6, 6.07) is 15.5. The van der Waals surface area contributed by atoms with E-state index in [1.807, 2.05) is 0 Å². The lowest BCUT2D eigenvalue weighted by Gasteiger charge is -2.37. The van der Waals surface area contributed by atoms with Gasteiger partial charge in [0, 0.05) is 24.8 Å². The molecule has 2 aliphatic heterocycles. The van der Waals surface area contributed by atoms with Crippen molar-refractivity contribution in [2.45, 2.75) is 51.3 Å². The number of aromatic nitrogens is 4. The Morgan fingerprint density at radius 1 is 1.18 bits per heavy atom. The van der Waals surface area contributed by atoms with Crippen LogP contribution in [0.2, 0.25) is 0 Å². The maximum Gasteiger partial charge on any atom is 0.224 e. The maximum absolute atomic E-state index is 6.19. The van der Waals surface area contributed by atoms with Crippen LogP contribution in [0.3, 0.4) is 0 Å². The zero-order chi connectivity index (χ0) is 23.3. The van der Waals surface area contributed by atoms with Crippen molar-refractivity contribution >= 4 is 28.5 Å². The van der Waals surface area contributed by atoms with Gasteiger partial charge in [-0.15, -0.1) is 0 Å². The lowest BCUT2D eigenvalue weighted by Crippen LogP contribution is -2.42. The third-order valence-corrected chi connectivity index (χ3v) is 6.79. The van der Waals surface area contributed by atoms with Gasteiger partial charge in [-0.25, -0.2) is 0 Å². The molecule has 6 rings (SSSR count). The van der Waals surface area contributed by atoms with Gasteiger partial charge in [0.05, 0.1) is 11.6 Å². The molecule has 0 bridgehead atoms. The van der Waals surface area contributed by atoms with Crippen LogP contribution in [-0.4, -0.2) is 38.4 Å². The molecule has 0 aliphatic carbocycles. The number of aryl methyl sites for hydroxylation is 1. The fraction of sp³-hybridized carbons (Fsp3) is 0.346. The molecule has 174 valence electrons. The first-order valence-corrected chi connectivity index (χ1v) is 11.8. The topological polar surface area (TPSA) is 105 Å². The highest BCUT2D eigenvalue weighted by molar-refractivity contribution is 5.87. The Morgan fingerprint density at radius 2 is 2.06 bits per heavy atom. The summed E-state index contributed by atoms with van der Waals surface area (Å²) in [6.07, 6.45) is 4.73. The molecular weight excluding hydrogens is 426 g/mol. The number of H-pyrrole nitrogens is 1. The average molecular weight is 456 g/mol. The van der Waals surface area contributed by atoms with Crippen LogP contribution < -0.4 is 20.7 Å². The Kier molecular flexibility index (Phi) is 4.83. The van der Waals surface area contributed by atoms with Gasteiger partial charge in [0.1, 0.15) is 17.2 Å². The molecule has 2 aliphatic rings. The monoisotopic (exact) mass is 455 g/mol. The van der Waals surface area contributed by atoms with Crippen LogP contribution in [0.1, 0.15) is 37.0 Å². The van der Waals surface area contributed by atoms with E-state index >= 15 is 0 Å². The number of hydrogen-bond donors (Lipinski definition) is 3. The van der Waals surface area contributed by atoms with Gasteiger partial charge in [0.2, 0.25) is 5.95 Å². The van der Waals surface area contributed by atoms with Gasteiger partial charge in [-0.3, -0.25) is 5.10 Å². The van der Waals surface area contributed by atoms with Crippen LogP contribution in [0, 0.1) is 0 Å². The Labute approximate surface area is 198 Å². The minimum Gasteiger partial charge on any atom is -0.488 e. The molecule has 4 heterocycles. The second kappa shape index (κ2) is 7.90. The highest BCUT2D eigenvalue weighted by atomic mass is 16.5. The summed E-state index contributed by atoms with van der Waals surface area (Å²) in [5.74, 6) is 1.96. The number of nitrogens with one attached hydrogen (secondary N) is 2. The number of anilines is 3. The van der Waals surface area contributed by atoms with E-state index in [0.29, 0.717) is 11.5 Å². The fourth-order valence-electron chi connectivity index (χ4n) is 5.12. The van der Waals surface area contributed by atoms with Crippen molar-refractivity contribution in [2.24, 2.45) is 0 Å². The quantitative estimate of drug-likeness (QED) is 0.426. The number of hydrogen-bond acceptors (Lipinski definition) is 7. The SMILES string of the molecule is CC1(C)CCc2cc(CN3CC(Nc4nc(N)nc5[nH]ncc45)Cc4ccccc43)ccc2O1. The molecule has 2 aromatic heterocycles. The smallest absolute Gasteiger partial charge is 0.224 e. The van der Waals surface area contributed by atoms with E-state index in [0.717, 1.165) is 43.5 Å². The first-order valence-electron chi connectivity index (χ1n) is 11.8. The van der Waals surface area contributed by atoms with Gasteiger partial charge < -0.3 is 20.7 Å². The minimum absolute atomic E-state index is 0.0932. The molecule has 4 aromatic rings. The number of nitrogens with two attached hydrogens (primary N) is 1. The van der Waals surface area contributed by atoms with Gasteiger partial charge in [0.15, 0.2) is 5.65 Å². The van der Waals surface area contributed by atoms with Crippen LogP contribution in [0.15, 0.2) is 48.7 Å². The lowest BCUT2D eigenvalue weighted by molar-refractivity contribution is 0.0846. The highest BCUT2D eigenvalue weighted by Crippen LogP contribution is 2.35. The lowest BCUT2D eigenvalue weighted by atomic mass is 9.93. The molecule has 0 saturated heterocycles. The molecular formula is C26H29N7O. The van der Waals surface area contributed by atoms with Gasteiger partial charge in [-0.2, -0.15) is 15.1 Å². The largest absolute Gasteiger partial charge is 0.488 e. The highest BCUT2D eigenvalue weighted by Gasteiger charge is 2.28. The molecule has 2 aromatic carbocycles. The van der Waals surface area contributed by atoms with Crippen molar-refractivity contribution in [3.63, 3.8) is 0 Å². The average Bonchev–Trinajstić information content (AvgIpc) is 3.27. The van der Waals surface area contributed by atoms with E-state index in [1.165, 1.54) is 22.4 Å². The summed E-state index contributed by atoms with van der Waals surface area (Å²) in [7, 11) is 0. The Morgan fingerprint density at radius 3 is 2.97 bits per heavy atom. The molecule has 0 radical (unpaired) electrons. The number of nitrogens with zero attached hydrogens (tertiary/aromatic N) is 4. The van der Waals surface area contributed by atoms with Crippen molar-refractivity contribution in [3.05, 3.63) is 65.4 Å². The predicted molar refractivity (Wildman–Crippen MR) is 134 cm³/mol. The molecule has 34 heavy (non-hydrogen) atoms. The van der Waals surface area contributed by atoms with E-state index in [1.54, 1.807) is 6.20 Å². The normalized spacial score (nSPS) is 18.8. The second-order valence-electron chi connectivity index (χ2n) is 9.92. The summed E-state index contributed by atoms with van der Waals surface area (Å²) in [6.45, 7) is 5.99. The maximum atomic E-state index is 6.19. The molecule has 0 spiro atoms. The number of fused-ring (bicyclic) bond motifs is 3. The minimum atomic E-state index is -0.0932. The van der Waals surface area contributed by atoms with Crippen molar-refractivity contribution in [2.75, 3.05) is 22.5 Å². The van der Waals surface area contributed by atoms with E-state index in [-0.39, 0.29) is 17.6 Å². The number of rotatable bonds is 4. The van der Waals surface area contributed by atoms with Crippen molar-refractivity contribution in [3.8, 4) is 5.75 Å². The molecule has 0 amide bonds. The molecule has 0 fully saturated rings. The summed E-state index contributed by atoms with van der Waals surface area (Å²) in [5, 5.41) is 11.4.